The average Bonchev–Trinajstić information content (AvgIpc) is 2.57. The second-order valence-corrected chi connectivity index (χ2v) is 5.83. The lowest BCUT2D eigenvalue weighted by molar-refractivity contribution is -0.119. The number of fused-ring (bicyclic) bond motifs is 1. The van der Waals surface area contributed by atoms with E-state index in [1.54, 1.807) is 11.3 Å². The largest absolute Gasteiger partial charge is 0.302 e. The van der Waals surface area contributed by atoms with Crippen LogP contribution in [-0.4, -0.2) is 10.9 Å². The molecule has 4 heteroatoms. The van der Waals surface area contributed by atoms with Crippen molar-refractivity contribution in [2.24, 2.45) is 5.92 Å². The molecule has 1 N–H and O–H groups in total. The number of nitrogens with zero attached hydrogens (tertiary/aromatic N) is 1. The van der Waals surface area contributed by atoms with E-state index < -0.39 is 0 Å². The van der Waals surface area contributed by atoms with Crippen molar-refractivity contribution in [2.75, 3.05) is 5.32 Å². The summed E-state index contributed by atoms with van der Waals surface area (Å²) in [6.07, 6.45) is 6.87. The van der Waals surface area contributed by atoms with Crippen LogP contribution in [0.3, 0.4) is 0 Å². The quantitative estimate of drug-likeness (QED) is 0.838. The van der Waals surface area contributed by atoms with Crippen molar-refractivity contribution in [3.63, 3.8) is 0 Å². The summed E-state index contributed by atoms with van der Waals surface area (Å²) < 4.78 is 0. The lowest BCUT2D eigenvalue weighted by atomic mass is 10.1. The summed E-state index contributed by atoms with van der Waals surface area (Å²) in [6, 6.07) is 0. The Morgan fingerprint density at radius 3 is 2.94 bits per heavy atom. The van der Waals surface area contributed by atoms with Gasteiger partial charge in [0.1, 0.15) is 0 Å². The third-order valence-corrected chi connectivity index (χ3v) is 4.46. The summed E-state index contributed by atoms with van der Waals surface area (Å²) in [6.45, 7) is 3.98. The fraction of sp³-hybridized carbons (Fsp3) is 0.692. The minimum absolute atomic E-state index is 0.0682. The molecular formula is C13H20N2OS. The zero-order valence-electron chi connectivity index (χ0n) is 10.6. The van der Waals surface area contributed by atoms with E-state index in [1.165, 1.54) is 29.8 Å². The van der Waals surface area contributed by atoms with Crippen LogP contribution < -0.4 is 5.32 Å². The smallest absolute Gasteiger partial charge is 0.228 e. The summed E-state index contributed by atoms with van der Waals surface area (Å²) in [5, 5.41) is 3.73. The molecule has 0 spiro atoms. The molecule has 0 saturated heterocycles. The first-order chi connectivity index (χ1) is 8.20. The highest BCUT2D eigenvalue weighted by atomic mass is 32.1. The number of anilines is 1. The highest BCUT2D eigenvalue weighted by Gasteiger charge is 2.17. The van der Waals surface area contributed by atoms with Gasteiger partial charge in [0, 0.05) is 10.8 Å². The molecule has 94 valence electrons. The summed E-state index contributed by atoms with van der Waals surface area (Å²) in [4.78, 5) is 17.7. The summed E-state index contributed by atoms with van der Waals surface area (Å²) >= 11 is 1.66. The van der Waals surface area contributed by atoms with Crippen LogP contribution in [0.2, 0.25) is 0 Å². The van der Waals surface area contributed by atoms with Gasteiger partial charge in [-0.05, 0) is 32.1 Å². The maximum absolute atomic E-state index is 11.8. The van der Waals surface area contributed by atoms with E-state index in [1.807, 2.05) is 13.8 Å². The predicted molar refractivity (Wildman–Crippen MR) is 71.5 cm³/mol. The van der Waals surface area contributed by atoms with Crippen molar-refractivity contribution in [3.05, 3.63) is 10.6 Å². The van der Waals surface area contributed by atoms with Crippen molar-refractivity contribution in [1.29, 1.82) is 0 Å². The molecule has 2 rings (SSSR count). The van der Waals surface area contributed by atoms with Gasteiger partial charge in [-0.2, -0.15) is 0 Å². The van der Waals surface area contributed by atoms with Crippen LogP contribution in [0.15, 0.2) is 0 Å². The van der Waals surface area contributed by atoms with E-state index in [0.29, 0.717) is 0 Å². The second-order valence-electron chi connectivity index (χ2n) is 4.75. The van der Waals surface area contributed by atoms with Crippen LogP contribution in [0.5, 0.6) is 0 Å². The molecule has 1 atom stereocenters. The van der Waals surface area contributed by atoms with Crippen molar-refractivity contribution in [3.8, 4) is 0 Å². The number of aromatic nitrogens is 1. The minimum Gasteiger partial charge on any atom is -0.302 e. The SMILES string of the molecule is CCC(C)C(=O)Nc1nc2c(s1)CCCCC2. The highest BCUT2D eigenvalue weighted by Crippen LogP contribution is 2.29. The molecule has 0 saturated carbocycles. The van der Waals surface area contributed by atoms with Crippen molar-refractivity contribution < 1.29 is 4.79 Å². The summed E-state index contributed by atoms with van der Waals surface area (Å²) in [5.41, 5.74) is 1.21. The van der Waals surface area contributed by atoms with Crippen LogP contribution in [0, 0.1) is 5.92 Å². The van der Waals surface area contributed by atoms with Crippen molar-refractivity contribution in [2.45, 2.75) is 52.4 Å². The zero-order valence-corrected chi connectivity index (χ0v) is 11.4. The Balaban J connectivity index is 2.05. The number of hydrogen-bond donors (Lipinski definition) is 1. The van der Waals surface area contributed by atoms with E-state index in [9.17, 15) is 4.79 Å². The fourth-order valence-corrected chi connectivity index (χ4v) is 3.05. The number of carbonyl (C=O) groups is 1. The Bertz CT molecular complexity index is 377. The number of carbonyl (C=O) groups excluding carboxylic acids is 1. The molecule has 0 aliphatic heterocycles. The van der Waals surface area contributed by atoms with Crippen LogP contribution in [0.25, 0.3) is 0 Å². The van der Waals surface area contributed by atoms with Gasteiger partial charge in [0.2, 0.25) is 5.91 Å². The zero-order chi connectivity index (χ0) is 12.3. The van der Waals surface area contributed by atoms with Crippen molar-refractivity contribution in [1.82, 2.24) is 4.98 Å². The lowest BCUT2D eigenvalue weighted by Gasteiger charge is -2.06. The molecule has 1 aromatic rings. The number of thiazole rings is 1. The molecule has 1 unspecified atom stereocenters. The Labute approximate surface area is 107 Å². The number of aryl methyl sites for hydroxylation is 2. The maximum Gasteiger partial charge on any atom is 0.228 e. The predicted octanol–water partition coefficient (Wildman–Crippen LogP) is 3.40. The van der Waals surface area contributed by atoms with E-state index >= 15 is 0 Å². The molecule has 0 fully saturated rings. The van der Waals surface area contributed by atoms with Gasteiger partial charge in [-0.25, -0.2) is 4.98 Å². The monoisotopic (exact) mass is 252 g/mol. The van der Waals surface area contributed by atoms with Crippen molar-refractivity contribution >= 4 is 22.4 Å². The summed E-state index contributed by atoms with van der Waals surface area (Å²) in [7, 11) is 0. The van der Waals surface area contributed by atoms with Crippen LogP contribution in [0.1, 0.15) is 50.1 Å². The third-order valence-electron chi connectivity index (χ3n) is 3.39. The van der Waals surface area contributed by atoms with E-state index in [-0.39, 0.29) is 11.8 Å². The van der Waals surface area contributed by atoms with Crippen LogP contribution in [-0.2, 0) is 17.6 Å². The maximum atomic E-state index is 11.8. The lowest BCUT2D eigenvalue weighted by Crippen LogP contribution is -2.19. The number of hydrogen-bond acceptors (Lipinski definition) is 3. The number of nitrogens with one attached hydrogen (secondary N) is 1. The fourth-order valence-electron chi connectivity index (χ4n) is 2.00. The van der Waals surface area contributed by atoms with Gasteiger partial charge < -0.3 is 5.32 Å². The molecule has 1 amide bonds. The molecule has 0 bridgehead atoms. The highest BCUT2D eigenvalue weighted by molar-refractivity contribution is 7.15. The molecule has 3 nitrogen and oxygen atoms in total. The van der Waals surface area contributed by atoms with E-state index in [4.69, 9.17) is 0 Å². The normalized spacial score (nSPS) is 17.1. The van der Waals surface area contributed by atoms with Gasteiger partial charge in [0.15, 0.2) is 5.13 Å². The number of amides is 1. The molecule has 17 heavy (non-hydrogen) atoms. The Kier molecular flexibility index (Phi) is 4.15. The van der Waals surface area contributed by atoms with Crippen LogP contribution >= 0.6 is 11.3 Å². The first kappa shape index (κ1) is 12.6. The van der Waals surface area contributed by atoms with Gasteiger partial charge in [-0.15, -0.1) is 11.3 Å². The topological polar surface area (TPSA) is 42.0 Å². The Morgan fingerprint density at radius 2 is 2.18 bits per heavy atom. The van der Waals surface area contributed by atoms with Gasteiger partial charge in [0.25, 0.3) is 0 Å². The molecule has 0 radical (unpaired) electrons. The Hall–Kier alpha value is -0.900. The average molecular weight is 252 g/mol. The summed E-state index contributed by atoms with van der Waals surface area (Å²) in [5.74, 6) is 0.162. The van der Waals surface area contributed by atoms with Gasteiger partial charge in [0.05, 0.1) is 5.69 Å². The third kappa shape index (κ3) is 3.06. The minimum atomic E-state index is 0.0682. The second kappa shape index (κ2) is 5.63. The molecular weight excluding hydrogens is 232 g/mol. The molecule has 1 aliphatic rings. The molecule has 1 aromatic heterocycles. The molecule has 0 aromatic carbocycles. The molecule has 1 heterocycles. The first-order valence-electron chi connectivity index (χ1n) is 6.50. The van der Waals surface area contributed by atoms with Gasteiger partial charge in [-0.1, -0.05) is 20.3 Å². The standard InChI is InChI=1S/C13H20N2OS/c1-3-9(2)12(16)15-13-14-10-7-5-4-6-8-11(10)17-13/h9H,3-8H2,1-2H3,(H,14,15,16). The van der Waals surface area contributed by atoms with Crippen LogP contribution in [0.4, 0.5) is 5.13 Å². The first-order valence-corrected chi connectivity index (χ1v) is 7.31. The number of rotatable bonds is 3. The Morgan fingerprint density at radius 1 is 1.41 bits per heavy atom. The van der Waals surface area contributed by atoms with Gasteiger partial charge in [-0.3, -0.25) is 4.79 Å². The van der Waals surface area contributed by atoms with E-state index in [2.05, 4.69) is 10.3 Å². The molecule has 1 aliphatic carbocycles. The van der Waals surface area contributed by atoms with E-state index in [0.717, 1.165) is 24.4 Å². The van der Waals surface area contributed by atoms with Gasteiger partial charge >= 0.3 is 0 Å².